The van der Waals surface area contributed by atoms with E-state index in [0.717, 1.165) is 27.9 Å². The minimum Gasteiger partial charge on any atom is -0.497 e. The average Bonchev–Trinajstić information content (AvgIpc) is 2.76. The van der Waals surface area contributed by atoms with Crippen molar-refractivity contribution in [1.82, 2.24) is 9.47 Å². The van der Waals surface area contributed by atoms with Crippen LogP contribution < -0.4 is 4.74 Å². The lowest BCUT2D eigenvalue weighted by atomic mass is 9.88. The van der Waals surface area contributed by atoms with E-state index in [0.29, 0.717) is 19.8 Å². The molecule has 0 saturated carbocycles. The summed E-state index contributed by atoms with van der Waals surface area (Å²) in [5.41, 5.74) is 2.84. The van der Waals surface area contributed by atoms with Crippen LogP contribution in [-0.4, -0.2) is 49.3 Å². The first-order valence-electron chi connectivity index (χ1n) is 7.82. The van der Waals surface area contributed by atoms with Gasteiger partial charge in [-0.3, -0.25) is 4.79 Å². The molecule has 1 aliphatic heterocycles. The third kappa shape index (κ3) is 2.59. The normalized spacial score (nSPS) is 16.2. The summed E-state index contributed by atoms with van der Waals surface area (Å²) in [7, 11) is 5.49. The van der Waals surface area contributed by atoms with E-state index in [-0.39, 0.29) is 11.3 Å². The Morgan fingerprint density at radius 3 is 2.70 bits per heavy atom. The number of aromatic nitrogens is 1. The molecule has 1 amide bonds. The molecule has 23 heavy (non-hydrogen) atoms. The quantitative estimate of drug-likeness (QED) is 0.871. The molecule has 1 fully saturated rings. The Bertz CT molecular complexity index is 759. The van der Waals surface area contributed by atoms with Crippen molar-refractivity contribution in [2.45, 2.75) is 13.8 Å². The Balaban J connectivity index is 2.00. The van der Waals surface area contributed by atoms with Crippen LogP contribution in [0.3, 0.4) is 0 Å². The number of aryl methyl sites for hydroxylation is 1. The second-order valence-electron chi connectivity index (χ2n) is 6.87. The van der Waals surface area contributed by atoms with Crippen molar-refractivity contribution in [3.05, 3.63) is 29.5 Å². The largest absolute Gasteiger partial charge is 0.497 e. The van der Waals surface area contributed by atoms with Crippen LogP contribution in [0.25, 0.3) is 10.9 Å². The maximum absolute atomic E-state index is 13.0. The van der Waals surface area contributed by atoms with Crippen molar-refractivity contribution in [3.8, 4) is 5.75 Å². The third-order valence-corrected chi connectivity index (χ3v) is 4.78. The number of ether oxygens (including phenoxy) is 2. The molecular weight excluding hydrogens is 292 g/mol. The van der Waals surface area contributed by atoms with E-state index in [1.165, 1.54) is 0 Å². The van der Waals surface area contributed by atoms with E-state index in [2.05, 4.69) is 11.5 Å². The van der Waals surface area contributed by atoms with Gasteiger partial charge >= 0.3 is 0 Å². The fraction of sp³-hybridized carbons (Fsp3) is 0.500. The van der Waals surface area contributed by atoms with Crippen molar-refractivity contribution in [3.63, 3.8) is 0 Å². The number of fused-ring (bicyclic) bond motifs is 1. The van der Waals surface area contributed by atoms with Crippen molar-refractivity contribution in [2.75, 3.05) is 33.9 Å². The third-order valence-electron chi connectivity index (χ3n) is 4.78. The van der Waals surface area contributed by atoms with Crippen LogP contribution in [0.4, 0.5) is 0 Å². The molecule has 2 aromatic rings. The Kier molecular flexibility index (Phi) is 3.84. The number of carbonyl (C=O) groups excluding carboxylic acids is 1. The van der Waals surface area contributed by atoms with Gasteiger partial charge in [0.2, 0.25) is 0 Å². The number of carbonyl (C=O) groups is 1. The van der Waals surface area contributed by atoms with Crippen LogP contribution in [0, 0.1) is 12.3 Å². The summed E-state index contributed by atoms with van der Waals surface area (Å²) in [4.78, 5) is 14.9. The van der Waals surface area contributed by atoms with E-state index < -0.39 is 0 Å². The molecule has 0 aliphatic carbocycles. The Morgan fingerprint density at radius 1 is 1.43 bits per heavy atom. The molecule has 0 unspecified atom stereocenters. The summed E-state index contributed by atoms with van der Waals surface area (Å²) in [5.74, 6) is 0.814. The Labute approximate surface area is 136 Å². The maximum atomic E-state index is 13.0. The molecule has 124 valence electrons. The van der Waals surface area contributed by atoms with Gasteiger partial charge in [-0.05, 0) is 25.1 Å². The molecule has 1 aliphatic rings. The second-order valence-corrected chi connectivity index (χ2v) is 6.87. The second kappa shape index (κ2) is 5.57. The minimum atomic E-state index is 0.0504. The molecule has 1 saturated heterocycles. The first-order chi connectivity index (χ1) is 10.9. The lowest BCUT2D eigenvalue weighted by Gasteiger charge is -2.40. The standard InChI is InChI=1S/C18H24N2O3/c1-12-16(17(21)19(3)9-18(2)10-23-11-18)14-8-13(22-5)6-7-15(14)20(12)4/h6-8H,9-11H2,1-5H3. The number of methoxy groups -OCH3 is 1. The van der Waals surface area contributed by atoms with Crippen molar-refractivity contribution in [1.29, 1.82) is 0 Å². The van der Waals surface area contributed by atoms with Gasteiger partial charge < -0.3 is 18.9 Å². The highest BCUT2D eigenvalue weighted by molar-refractivity contribution is 6.08. The predicted octanol–water partition coefficient (Wildman–Crippen LogP) is 2.60. The summed E-state index contributed by atoms with van der Waals surface area (Å²) in [5, 5.41) is 0.941. The van der Waals surface area contributed by atoms with Gasteiger partial charge in [0, 0.05) is 42.7 Å². The number of amides is 1. The molecule has 0 atom stereocenters. The summed E-state index contributed by atoms with van der Waals surface area (Å²) < 4.78 is 12.7. The number of hydrogen-bond acceptors (Lipinski definition) is 3. The van der Waals surface area contributed by atoms with E-state index in [1.807, 2.05) is 44.1 Å². The van der Waals surface area contributed by atoms with Gasteiger partial charge in [-0.1, -0.05) is 6.92 Å². The monoisotopic (exact) mass is 316 g/mol. The molecule has 0 bridgehead atoms. The maximum Gasteiger partial charge on any atom is 0.256 e. The Morgan fingerprint density at radius 2 is 2.13 bits per heavy atom. The smallest absolute Gasteiger partial charge is 0.256 e. The molecule has 5 nitrogen and oxygen atoms in total. The van der Waals surface area contributed by atoms with E-state index in [9.17, 15) is 4.79 Å². The summed E-state index contributed by atoms with van der Waals surface area (Å²) in [6.45, 7) is 6.27. The van der Waals surface area contributed by atoms with Crippen molar-refractivity contribution < 1.29 is 14.3 Å². The van der Waals surface area contributed by atoms with Crippen molar-refractivity contribution >= 4 is 16.8 Å². The highest BCUT2D eigenvalue weighted by atomic mass is 16.5. The highest BCUT2D eigenvalue weighted by Crippen LogP contribution is 2.31. The fourth-order valence-corrected chi connectivity index (χ4v) is 3.33. The van der Waals surface area contributed by atoms with E-state index in [4.69, 9.17) is 9.47 Å². The van der Waals surface area contributed by atoms with Gasteiger partial charge in [0.1, 0.15) is 5.75 Å². The van der Waals surface area contributed by atoms with Gasteiger partial charge in [-0.2, -0.15) is 0 Å². The van der Waals surface area contributed by atoms with Crippen LogP contribution in [0.2, 0.25) is 0 Å². The molecule has 0 spiro atoms. The van der Waals surface area contributed by atoms with Gasteiger partial charge in [0.25, 0.3) is 5.91 Å². The van der Waals surface area contributed by atoms with Crippen LogP contribution >= 0.6 is 0 Å². The van der Waals surface area contributed by atoms with Crippen molar-refractivity contribution in [2.24, 2.45) is 12.5 Å². The molecule has 3 rings (SSSR count). The highest BCUT2D eigenvalue weighted by Gasteiger charge is 2.36. The van der Waals surface area contributed by atoms with Crippen LogP contribution in [-0.2, 0) is 11.8 Å². The lowest BCUT2D eigenvalue weighted by molar-refractivity contribution is -0.109. The number of hydrogen-bond donors (Lipinski definition) is 0. The van der Waals surface area contributed by atoms with Crippen LogP contribution in [0.1, 0.15) is 23.0 Å². The zero-order chi connectivity index (χ0) is 16.8. The number of benzene rings is 1. The zero-order valence-corrected chi connectivity index (χ0v) is 14.5. The molecule has 1 aromatic carbocycles. The van der Waals surface area contributed by atoms with Gasteiger partial charge in [-0.25, -0.2) is 0 Å². The molecular formula is C18H24N2O3. The predicted molar refractivity (Wildman–Crippen MR) is 90.1 cm³/mol. The summed E-state index contributed by atoms with van der Waals surface area (Å²) >= 11 is 0. The molecule has 0 radical (unpaired) electrons. The molecule has 1 aromatic heterocycles. The SMILES string of the molecule is COc1ccc2c(c1)c(C(=O)N(C)CC1(C)COC1)c(C)n2C. The summed E-state index contributed by atoms with van der Waals surface area (Å²) in [6, 6.07) is 5.86. The van der Waals surface area contributed by atoms with Gasteiger partial charge in [0.05, 0.1) is 25.9 Å². The van der Waals surface area contributed by atoms with E-state index in [1.54, 1.807) is 7.11 Å². The fourth-order valence-electron chi connectivity index (χ4n) is 3.33. The first-order valence-corrected chi connectivity index (χ1v) is 7.82. The van der Waals surface area contributed by atoms with Crippen LogP contribution in [0.15, 0.2) is 18.2 Å². The summed E-state index contributed by atoms with van der Waals surface area (Å²) in [6.07, 6.45) is 0. The number of rotatable bonds is 4. The Hall–Kier alpha value is -2.01. The molecule has 5 heteroatoms. The van der Waals surface area contributed by atoms with Gasteiger partial charge in [-0.15, -0.1) is 0 Å². The first kappa shape index (κ1) is 15.9. The zero-order valence-electron chi connectivity index (χ0n) is 14.5. The average molecular weight is 316 g/mol. The minimum absolute atomic E-state index is 0.0504. The number of nitrogens with zero attached hydrogens (tertiary/aromatic N) is 2. The lowest BCUT2D eigenvalue weighted by Crippen LogP contribution is -2.49. The van der Waals surface area contributed by atoms with Crippen LogP contribution in [0.5, 0.6) is 5.75 Å². The topological polar surface area (TPSA) is 43.7 Å². The molecule has 0 N–H and O–H groups in total. The molecule has 2 heterocycles. The van der Waals surface area contributed by atoms with Gasteiger partial charge in [0.15, 0.2) is 0 Å². The van der Waals surface area contributed by atoms with E-state index >= 15 is 0 Å².